The summed E-state index contributed by atoms with van der Waals surface area (Å²) in [6.07, 6.45) is 2.06. The quantitative estimate of drug-likeness (QED) is 0.635. The van der Waals surface area contributed by atoms with E-state index in [4.69, 9.17) is 26.4 Å². The number of rotatable bonds is 3. The van der Waals surface area contributed by atoms with E-state index >= 15 is 0 Å². The van der Waals surface area contributed by atoms with E-state index in [2.05, 4.69) is 10.2 Å². The molecular formula is C18H21N3O4S. The molecule has 0 aliphatic carbocycles. The molecule has 4 rings (SSSR count). The summed E-state index contributed by atoms with van der Waals surface area (Å²) in [5, 5.41) is 3.45. The summed E-state index contributed by atoms with van der Waals surface area (Å²) in [5.41, 5.74) is 1.31. The molecule has 1 N–H and O–H groups in total. The van der Waals surface area contributed by atoms with Crippen LogP contribution in [0.15, 0.2) is 23.9 Å². The Labute approximate surface area is 157 Å². The molecule has 0 unspecified atom stereocenters. The van der Waals surface area contributed by atoms with Gasteiger partial charge in [-0.1, -0.05) is 6.07 Å². The number of nitrogens with zero attached hydrogens (tertiary/aromatic N) is 2. The third-order valence-electron chi connectivity index (χ3n) is 4.51. The molecule has 1 amide bonds. The van der Waals surface area contributed by atoms with Crippen molar-refractivity contribution in [1.82, 2.24) is 15.1 Å². The fourth-order valence-electron chi connectivity index (χ4n) is 3.47. The lowest BCUT2D eigenvalue weighted by atomic mass is 10.1. The molecule has 2 fully saturated rings. The molecule has 0 bridgehead atoms. The Morgan fingerprint density at radius 3 is 2.73 bits per heavy atom. The van der Waals surface area contributed by atoms with Crippen LogP contribution < -0.4 is 14.8 Å². The first-order valence-corrected chi connectivity index (χ1v) is 9.02. The summed E-state index contributed by atoms with van der Waals surface area (Å²) >= 11 is 5.37. The zero-order valence-electron chi connectivity index (χ0n) is 14.7. The number of hydrogen-bond donors (Lipinski definition) is 1. The molecule has 0 radical (unpaired) electrons. The van der Waals surface area contributed by atoms with Crippen LogP contribution in [0.25, 0.3) is 6.08 Å². The highest BCUT2D eigenvalue weighted by Crippen LogP contribution is 2.33. The van der Waals surface area contributed by atoms with Crippen molar-refractivity contribution < 1.29 is 19.0 Å². The van der Waals surface area contributed by atoms with Gasteiger partial charge in [0.25, 0.3) is 5.91 Å². The van der Waals surface area contributed by atoms with Crippen LogP contribution in [0.3, 0.4) is 0 Å². The molecule has 3 aliphatic rings. The average molecular weight is 375 g/mol. The Hall–Kier alpha value is -2.16. The van der Waals surface area contributed by atoms with Crippen molar-refractivity contribution >= 4 is 29.3 Å². The molecule has 1 aromatic carbocycles. The standard InChI is InChI=1S/C18H21N3O4S/c1-11-7-20(8-12(2)25-11)9-21-17(22)14(19-18(21)26)5-13-3-4-15-16(6-13)24-10-23-15/h3-6,11-12H,7-10H2,1-2H3,(H,19,26)/b14-5+/t11-,12-/m1/s1. The Morgan fingerprint density at radius 2 is 1.96 bits per heavy atom. The van der Waals surface area contributed by atoms with Gasteiger partial charge in [0.15, 0.2) is 16.6 Å². The summed E-state index contributed by atoms with van der Waals surface area (Å²) in [4.78, 5) is 16.6. The highest BCUT2D eigenvalue weighted by atomic mass is 32.1. The van der Waals surface area contributed by atoms with E-state index in [-0.39, 0.29) is 24.9 Å². The average Bonchev–Trinajstić information content (AvgIpc) is 3.14. The molecule has 7 nitrogen and oxygen atoms in total. The molecule has 26 heavy (non-hydrogen) atoms. The minimum atomic E-state index is -0.125. The van der Waals surface area contributed by atoms with Gasteiger partial charge in [0.1, 0.15) is 5.70 Å². The number of ether oxygens (including phenoxy) is 3. The highest BCUT2D eigenvalue weighted by molar-refractivity contribution is 7.80. The fraction of sp³-hybridized carbons (Fsp3) is 0.444. The van der Waals surface area contributed by atoms with Gasteiger partial charge in [0.05, 0.1) is 18.9 Å². The van der Waals surface area contributed by atoms with Crippen molar-refractivity contribution in [2.45, 2.75) is 26.1 Å². The zero-order valence-corrected chi connectivity index (χ0v) is 15.5. The Bertz CT molecular complexity index is 772. The normalized spacial score (nSPS) is 27.3. The summed E-state index contributed by atoms with van der Waals surface area (Å²) in [7, 11) is 0. The predicted octanol–water partition coefficient (Wildman–Crippen LogP) is 1.54. The van der Waals surface area contributed by atoms with E-state index in [0.717, 1.165) is 18.7 Å². The lowest BCUT2D eigenvalue weighted by Crippen LogP contribution is -2.51. The molecule has 8 heteroatoms. The second-order valence-corrected chi connectivity index (χ2v) is 7.16. The number of amides is 1. The molecule has 2 atom stereocenters. The monoisotopic (exact) mass is 375 g/mol. The summed E-state index contributed by atoms with van der Waals surface area (Å²) in [6, 6.07) is 5.56. The topological polar surface area (TPSA) is 63.3 Å². The first-order valence-electron chi connectivity index (χ1n) is 8.61. The van der Waals surface area contributed by atoms with E-state index in [1.807, 2.05) is 32.0 Å². The van der Waals surface area contributed by atoms with Crippen molar-refractivity contribution in [1.29, 1.82) is 0 Å². The summed E-state index contributed by atoms with van der Waals surface area (Å²) < 4.78 is 16.4. The first-order chi connectivity index (χ1) is 12.5. The van der Waals surface area contributed by atoms with E-state index in [9.17, 15) is 4.79 Å². The largest absolute Gasteiger partial charge is 0.454 e. The Kier molecular flexibility index (Phi) is 4.56. The van der Waals surface area contributed by atoms with Gasteiger partial charge in [0.2, 0.25) is 6.79 Å². The van der Waals surface area contributed by atoms with Gasteiger partial charge in [-0.2, -0.15) is 0 Å². The number of carbonyl (C=O) groups is 1. The van der Waals surface area contributed by atoms with Crippen molar-refractivity contribution in [3.63, 3.8) is 0 Å². The number of benzene rings is 1. The molecule has 0 saturated carbocycles. The molecular weight excluding hydrogens is 354 g/mol. The Morgan fingerprint density at radius 1 is 1.23 bits per heavy atom. The van der Waals surface area contributed by atoms with Crippen LogP contribution in [0.1, 0.15) is 19.4 Å². The van der Waals surface area contributed by atoms with Gasteiger partial charge in [0, 0.05) is 13.1 Å². The second-order valence-electron chi connectivity index (χ2n) is 6.77. The van der Waals surface area contributed by atoms with Gasteiger partial charge in [-0.25, -0.2) is 0 Å². The number of carbonyl (C=O) groups excluding carboxylic acids is 1. The van der Waals surface area contributed by atoms with Crippen LogP contribution in [0.4, 0.5) is 0 Å². The van der Waals surface area contributed by atoms with Crippen LogP contribution in [-0.2, 0) is 9.53 Å². The van der Waals surface area contributed by atoms with Gasteiger partial charge < -0.3 is 19.5 Å². The number of fused-ring (bicyclic) bond motifs is 1. The van der Waals surface area contributed by atoms with Crippen molar-refractivity contribution in [2.75, 3.05) is 26.6 Å². The van der Waals surface area contributed by atoms with Crippen molar-refractivity contribution in [3.05, 3.63) is 29.5 Å². The minimum absolute atomic E-state index is 0.125. The lowest BCUT2D eigenvalue weighted by Gasteiger charge is -2.36. The van der Waals surface area contributed by atoms with E-state index in [1.54, 1.807) is 11.0 Å². The Balaban J connectivity index is 1.48. The van der Waals surface area contributed by atoms with Crippen LogP contribution >= 0.6 is 12.2 Å². The van der Waals surface area contributed by atoms with Crippen molar-refractivity contribution in [2.24, 2.45) is 0 Å². The molecule has 3 heterocycles. The van der Waals surface area contributed by atoms with E-state index < -0.39 is 0 Å². The maximum atomic E-state index is 12.8. The third kappa shape index (κ3) is 3.40. The molecule has 0 spiro atoms. The van der Waals surface area contributed by atoms with E-state index in [1.165, 1.54) is 0 Å². The maximum absolute atomic E-state index is 12.8. The number of nitrogens with one attached hydrogen (secondary N) is 1. The molecule has 138 valence electrons. The molecule has 1 aromatic rings. The maximum Gasteiger partial charge on any atom is 0.277 e. The summed E-state index contributed by atoms with van der Waals surface area (Å²) in [6.45, 7) is 6.31. The smallest absolute Gasteiger partial charge is 0.277 e. The van der Waals surface area contributed by atoms with Crippen LogP contribution in [0, 0.1) is 0 Å². The SMILES string of the molecule is C[C@@H]1CN(CN2C(=O)/C(=C\c3ccc4c(c3)OCO4)NC2=S)C[C@@H](C)O1. The second kappa shape index (κ2) is 6.86. The van der Waals surface area contributed by atoms with Gasteiger partial charge >= 0.3 is 0 Å². The predicted molar refractivity (Wildman–Crippen MR) is 99.6 cm³/mol. The first kappa shape index (κ1) is 17.3. The molecule has 3 aliphatic heterocycles. The molecule has 2 saturated heterocycles. The number of thiocarbonyl (C=S) groups is 1. The minimum Gasteiger partial charge on any atom is -0.454 e. The summed E-state index contributed by atoms with van der Waals surface area (Å²) in [5.74, 6) is 1.27. The zero-order chi connectivity index (χ0) is 18.3. The van der Waals surface area contributed by atoms with E-state index in [0.29, 0.717) is 29.0 Å². The van der Waals surface area contributed by atoms with Crippen LogP contribution in [0.2, 0.25) is 0 Å². The van der Waals surface area contributed by atoms with Crippen molar-refractivity contribution in [3.8, 4) is 11.5 Å². The highest BCUT2D eigenvalue weighted by Gasteiger charge is 2.33. The fourth-order valence-corrected chi connectivity index (χ4v) is 3.72. The van der Waals surface area contributed by atoms with Crippen LogP contribution in [0.5, 0.6) is 11.5 Å². The number of morpholine rings is 1. The van der Waals surface area contributed by atoms with Gasteiger partial charge in [-0.3, -0.25) is 14.6 Å². The van der Waals surface area contributed by atoms with Crippen LogP contribution in [-0.4, -0.2) is 59.6 Å². The number of hydrogen-bond acceptors (Lipinski definition) is 6. The molecule has 0 aromatic heterocycles. The van der Waals surface area contributed by atoms with Gasteiger partial charge in [-0.05, 0) is 49.8 Å². The third-order valence-corrected chi connectivity index (χ3v) is 4.83. The lowest BCUT2D eigenvalue weighted by molar-refractivity contribution is -0.126. The van der Waals surface area contributed by atoms with Gasteiger partial charge in [-0.15, -0.1) is 0 Å².